The van der Waals surface area contributed by atoms with Gasteiger partial charge in [-0.05, 0) is 0 Å². The number of carbonyl (C=O) groups excluding carboxylic acids is 1. The third kappa shape index (κ3) is 1.44. The van der Waals surface area contributed by atoms with Crippen molar-refractivity contribution in [3.8, 4) is 0 Å². The Balaban J connectivity index is 2.22. The molecule has 13 heavy (non-hydrogen) atoms. The van der Waals surface area contributed by atoms with Gasteiger partial charge < -0.3 is 5.73 Å². The highest BCUT2D eigenvalue weighted by Crippen LogP contribution is 2.20. The predicted octanol–water partition coefficient (Wildman–Crippen LogP) is -0.269. The monoisotopic (exact) mass is 201 g/mol. The molecule has 1 aromatic heterocycles. The minimum absolute atomic E-state index is 0.0704. The van der Waals surface area contributed by atoms with Crippen LogP contribution in [0.5, 0.6) is 0 Å². The Kier molecular flexibility index (Phi) is 1.84. The summed E-state index contributed by atoms with van der Waals surface area (Å²) in [5.41, 5.74) is 5.33. The molecule has 1 aromatic rings. The van der Waals surface area contributed by atoms with Crippen LogP contribution < -0.4 is 10.6 Å². The summed E-state index contributed by atoms with van der Waals surface area (Å²) in [6, 6.07) is 0. The number of rotatable bonds is 1. The van der Waals surface area contributed by atoms with Gasteiger partial charge in [0.15, 0.2) is 0 Å². The molecule has 7 heteroatoms. The van der Waals surface area contributed by atoms with E-state index < -0.39 is 0 Å². The number of halogens is 1. The zero-order valence-corrected chi connectivity index (χ0v) is 7.45. The quantitative estimate of drug-likeness (QED) is 0.613. The minimum atomic E-state index is -0.160. The first-order valence-electron chi connectivity index (χ1n) is 3.79. The molecule has 2 rings (SSSR count). The van der Waals surface area contributed by atoms with Crippen LogP contribution in [-0.2, 0) is 4.79 Å². The molecule has 6 nitrogen and oxygen atoms in total. The highest BCUT2D eigenvalue weighted by molar-refractivity contribution is 6.24. The van der Waals surface area contributed by atoms with Crippen LogP contribution in [-0.4, -0.2) is 33.0 Å². The average Bonchev–Trinajstić information content (AvgIpc) is 2.58. The van der Waals surface area contributed by atoms with Gasteiger partial charge in [-0.25, -0.2) is 5.10 Å². The highest BCUT2D eigenvalue weighted by atomic mass is 35.5. The van der Waals surface area contributed by atoms with Crippen molar-refractivity contribution >= 4 is 29.4 Å². The van der Waals surface area contributed by atoms with Crippen LogP contribution >= 0.6 is 11.6 Å². The molecular formula is C6H8ClN5O. The summed E-state index contributed by atoms with van der Waals surface area (Å²) in [4.78, 5) is 16.6. The second-order valence-corrected chi connectivity index (χ2v) is 3.44. The number of H-pyrrole nitrogens is 1. The molecule has 70 valence electrons. The Morgan fingerprint density at radius 1 is 1.69 bits per heavy atom. The lowest BCUT2D eigenvalue weighted by atomic mass is 10.4. The van der Waals surface area contributed by atoms with Gasteiger partial charge in [0.05, 0.1) is 5.38 Å². The van der Waals surface area contributed by atoms with E-state index in [1.807, 2.05) is 0 Å². The average molecular weight is 202 g/mol. The maximum absolute atomic E-state index is 11.3. The first kappa shape index (κ1) is 8.31. The molecule has 2 heterocycles. The van der Waals surface area contributed by atoms with Gasteiger partial charge in [-0.2, -0.15) is 4.98 Å². The molecule has 1 aliphatic heterocycles. The summed E-state index contributed by atoms with van der Waals surface area (Å²) >= 11 is 5.80. The predicted molar refractivity (Wildman–Crippen MR) is 47.4 cm³/mol. The van der Waals surface area contributed by atoms with E-state index in [0.717, 1.165) is 0 Å². The Labute approximate surface area is 79.1 Å². The van der Waals surface area contributed by atoms with E-state index in [-0.39, 0.29) is 17.2 Å². The van der Waals surface area contributed by atoms with Crippen molar-refractivity contribution in [1.82, 2.24) is 15.2 Å². The van der Waals surface area contributed by atoms with Crippen molar-refractivity contribution in [1.29, 1.82) is 0 Å². The van der Waals surface area contributed by atoms with Gasteiger partial charge in [0, 0.05) is 13.0 Å². The SMILES string of the molecule is Nc1nc(N2CC(Cl)CC2=O)n[nH]1. The number of hydrogen-bond donors (Lipinski definition) is 2. The van der Waals surface area contributed by atoms with Gasteiger partial charge in [-0.3, -0.25) is 9.69 Å². The van der Waals surface area contributed by atoms with Crippen LogP contribution in [0.1, 0.15) is 6.42 Å². The summed E-state index contributed by atoms with van der Waals surface area (Å²) in [5, 5.41) is 6.07. The number of nitrogens with one attached hydrogen (secondary N) is 1. The van der Waals surface area contributed by atoms with E-state index in [1.54, 1.807) is 0 Å². The van der Waals surface area contributed by atoms with Crippen LogP contribution in [0.4, 0.5) is 11.9 Å². The first-order chi connectivity index (χ1) is 6.16. The van der Waals surface area contributed by atoms with Crippen molar-refractivity contribution in [3.05, 3.63) is 0 Å². The van der Waals surface area contributed by atoms with Gasteiger partial charge in [0.2, 0.25) is 11.9 Å². The standard InChI is InChI=1S/C6H8ClN5O/c7-3-1-4(13)12(2-3)6-9-5(8)10-11-6/h3H,1-2H2,(H3,8,9,10,11). The summed E-state index contributed by atoms with van der Waals surface area (Å²) in [6.07, 6.45) is 0.329. The molecule has 0 bridgehead atoms. The van der Waals surface area contributed by atoms with Gasteiger partial charge >= 0.3 is 0 Å². The number of nitrogens with zero attached hydrogens (tertiary/aromatic N) is 3. The maximum Gasteiger partial charge on any atom is 0.253 e. The molecule has 1 unspecified atom stereocenters. The summed E-state index contributed by atoms with van der Waals surface area (Å²) in [6.45, 7) is 0.442. The number of carbonyl (C=O) groups is 1. The smallest absolute Gasteiger partial charge is 0.253 e. The van der Waals surface area contributed by atoms with Crippen molar-refractivity contribution in [3.63, 3.8) is 0 Å². The number of aromatic nitrogens is 3. The van der Waals surface area contributed by atoms with Gasteiger partial charge in [-0.15, -0.1) is 16.7 Å². The summed E-state index contributed by atoms with van der Waals surface area (Å²) < 4.78 is 0. The van der Waals surface area contributed by atoms with Crippen LogP contribution in [0.25, 0.3) is 0 Å². The lowest BCUT2D eigenvalue weighted by Gasteiger charge is -2.08. The van der Waals surface area contributed by atoms with Gasteiger partial charge in [0.25, 0.3) is 5.95 Å². The van der Waals surface area contributed by atoms with Crippen molar-refractivity contribution in [2.24, 2.45) is 0 Å². The summed E-state index contributed by atoms with van der Waals surface area (Å²) in [5.74, 6) is 0.422. The molecule has 0 aliphatic carbocycles. The molecule has 0 spiro atoms. The van der Waals surface area contributed by atoms with Crippen LogP contribution in [0.3, 0.4) is 0 Å². The second-order valence-electron chi connectivity index (χ2n) is 2.83. The zero-order valence-electron chi connectivity index (χ0n) is 6.70. The van der Waals surface area contributed by atoms with Crippen LogP contribution in [0.2, 0.25) is 0 Å². The minimum Gasteiger partial charge on any atom is -0.368 e. The van der Waals surface area contributed by atoms with E-state index in [4.69, 9.17) is 17.3 Å². The van der Waals surface area contributed by atoms with E-state index in [2.05, 4.69) is 15.2 Å². The first-order valence-corrected chi connectivity index (χ1v) is 4.23. The Morgan fingerprint density at radius 2 is 2.46 bits per heavy atom. The number of anilines is 2. The Bertz CT molecular complexity index is 338. The lowest BCUT2D eigenvalue weighted by Crippen LogP contribution is -2.25. The molecule has 1 aliphatic rings. The fourth-order valence-electron chi connectivity index (χ4n) is 1.24. The largest absolute Gasteiger partial charge is 0.368 e. The second kappa shape index (κ2) is 2.88. The molecule has 1 amide bonds. The van der Waals surface area contributed by atoms with Gasteiger partial charge in [-0.1, -0.05) is 0 Å². The Morgan fingerprint density at radius 3 is 2.92 bits per heavy atom. The Hall–Kier alpha value is -1.30. The number of alkyl halides is 1. The van der Waals surface area contributed by atoms with E-state index in [1.165, 1.54) is 4.90 Å². The maximum atomic E-state index is 11.3. The number of nitrogen functional groups attached to an aromatic ring is 1. The van der Waals surface area contributed by atoms with E-state index >= 15 is 0 Å². The van der Waals surface area contributed by atoms with E-state index in [9.17, 15) is 4.79 Å². The van der Waals surface area contributed by atoms with Crippen LogP contribution in [0, 0.1) is 0 Å². The molecule has 3 N–H and O–H groups in total. The van der Waals surface area contributed by atoms with E-state index in [0.29, 0.717) is 18.9 Å². The van der Waals surface area contributed by atoms with Crippen LogP contribution in [0.15, 0.2) is 0 Å². The fourth-order valence-corrected chi connectivity index (χ4v) is 1.51. The highest BCUT2D eigenvalue weighted by Gasteiger charge is 2.31. The van der Waals surface area contributed by atoms with Crippen molar-refractivity contribution in [2.45, 2.75) is 11.8 Å². The molecule has 0 saturated carbocycles. The number of aromatic amines is 1. The molecule has 1 atom stereocenters. The van der Waals surface area contributed by atoms with Crippen molar-refractivity contribution in [2.75, 3.05) is 17.2 Å². The number of amides is 1. The number of nitrogens with two attached hydrogens (primary N) is 1. The number of hydrogen-bond acceptors (Lipinski definition) is 4. The molecule has 0 aromatic carbocycles. The molecular weight excluding hydrogens is 194 g/mol. The van der Waals surface area contributed by atoms with Gasteiger partial charge in [0.1, 0.15) is 0 Å². The molecule has 1 fully saturated rings. The summed E-state index contributed by atoms with van der Waals surface area (Å²) in [7, 11) is 0. The molecule has 1 saturated heterocycles. The third-order valence-electron chi connectivity index (χ3n) is 1.81. The topological polar surface area (TPSA) is 87.9 Å². The molecule has 0 radical (unpaired) electrons. The third-order valence-corrected chi connectivity index (χ3v) is 2.10. The normalized spacial score (nSPS) is 22.7. The van der Waals surface area contributed by atoms with Crippen molar-refractivity contribution < 1.29 is 4.79 Å². The lowest BCUT2D eigenvalue weighted by molar-refractivity contribution is -0.117. The zero-order chi connectivity index (χ0) is 9.42. The fraction of sp³-hybridized carbons (Fsp3) is 0.500.